The van der Waals surface area contributed by atoms with E-state index in [4.69, 9.17) is 4.43 Å². The summed E-state index contributed by atoms with van der Waals surface area (Å²) >= 11 is 0. The Balaban J connectivity index is 2.55. The summed E-state index contributed by atoms with van der Waals surface area (Å²) in [5.74, 6) is 2.63. The van der Waals surface area contributed by atoms with Gasteiger partial charge in [-0.2, -0.15) is 0 Å². The van der Waals surface area contributed by atoms with Crippen molar-refractivity contribution in [2.24, 2.45) is 0 Å². The monoisotopic (exact) mass is 142 g/mol. The van der Waals surface area contributed by atoms with Crippen molar-refractivity contribution in [3.63, 3.8) is 0 Å². The third-order valence-electron chi connectivity index (χ3n) is 0.964. The predicted octanol–water partition coefficient (Wildman–Crippen LogP) is 0.188. The van der Waals surface area contributed by atoms with Crippen molar-refractivity contribution in [2.45, 2.75) is 19.4 Å². The summed E-state index contributed by atoms with van der Waals surface area (Å²) in [4.78, 5) is 0. The molecule has 1 atom stereocenters. The van der Waals surface area contributed by atoms with Crippen LogP contribution in [-0.2, 0) is 13.3 Å². The Morgan fingerprint density at radius 3 is 3.00 bits per heavy atom. The SMILES string of the molecule is CCC1C#CO[Si](=O)O1. The maximum absolute atomic E-state index is 10.5. The molecule has 0 radical (unpaired) electrons. The second-order valence-electron chi connectivity index (χ2n) is 1.61. The molecule has 0 spiro atoms. The molecule has 0 saturated carbocycles. The van der Waals surface area contributed by atoms with Crippen molar-refractivity contribution in [1.82, 2.24) is 0 Å². The van der Waals surface area contributed by atoms with Gasteiger partial charge in [0.1, 0.15) is 6.11 Å². The van der Waals surface area contributed by atoms with Gasteiger partial charge < -0.3 is 8.85 Å². The van der Waals surface area contributed by atoms with E-state index in [1.807, 2.05) is 6.92 Å². The van der Waals surface area contributed by atoms with Crippen LogP contribution in [0.2, 0.25) is 0 Å². The Bertz CT molecular complexity index is 178. The van der Waals surface area contributed by atoms with Crippen molar-refractivity contribution < 1.29 is 13.3 Å². The molecule has 0 aromatic carbocycles. The first-order chi connectivity index (χ1) is 4.33. The zero-order chi connectivity index (χ0) is 6.69. The molecule has 0 aliphatic carbocycles. The van der Waals surface area contributed by atoms with Crippen LogP contribution in [0.25, 0.3) is 0 Å². The lowest BCUT2D eigenvalue weighted by molar-refractivity contribution is 0.168. The zero-order valence-electron chi connectivity index (χ0n) is 5.01. The second-order valence-corrected chi connectivity index (χ2v) is 2.55. The quantitative estimate of drug-likeness (QED) is 0.387. The van der Waals surface area contributed by atoms with Crippen molar-refractivity contribution in [1.29, 1.82) is 0 Å². The maximum Gasteiger partial charge on any atom is 0.783 e. The van der Waals surface area contributed by atoms with E-state index in [9.17, 15) is 4.46 Å². The van der Waals surface area contributed by atoms with Gasteiger partial charge >= 0.3 is 9.17 Å². The van der Waals surface area contributed by atoms with Crippen LogP contribution in [0.4, 0.5) is 0 Å². The van der Waals surface area contributed by atoms with Crippen molar-refractivity contribution in [2.75, 3.05) is 0 Å². The van der Waals surface area contributed by atoms with Gasteiger partial charge in [0.15, 0.2) is 6.10 Å². The Morgan fingerprint density at radius 1 is 1.78 bits per heavy atom. The molecule has 1 aliphatic rings. The summed E-state index contributed by atoms with van der Waals surface area (Å²) < 4.78 is 19.6. The van der Waals surface area contributed by atoms with Gasteiger partial charge in [-0.1, -0.05) is 6.92 Å². The van der Waals surface area contributed by atoms with Crippen LogP contribution in [0, 0.1) is 12.0 Å². The minimum atomic E-state index is -2.28. The van der Waals surface area contributed by atoms with Crippen LogP contribution in [0.3, 0.4) is 0 Å². The third-order valence-corrected chi connectivity index (χ3v) is 1.71. The first kappa shape index (κ1) is 6.30. The minimum Gasteiger partial charge on any atom is -0.482 e. The molecule has 1 rings (SSSR count). The fraction of sp³-hybridized carbons (Fsp3) is 0.600. The largest absolute Gasteiger partial charge is 0.783 e. The van der Waals surface area contributed by atoms with E-state index in [-0.39, 0.29) is 6.10 Å². The van der Waals surface area contributed by atoms with E-state index in [1.165, 1.54) is 0 Å². The lowest BCUT2D eigenvalue weighted by Gasteiger charge is -2.09. The third kappa shape index (κ3) is 1.54. The van der Waals surface area contributed by atoms with Gasteiger partial charge in [0.05, 0.1) is 0 Å². The smallest absolute Gasteiger partial charge is 0.482 e. The van der Waals surface area contributed by atoms with Crippen molar-refractivity contribution in [3.05, 3.63) is 0 Å². The van der Waals surface area contributed by atoms with Gasteiger partial charge in [0.25, 0.3) is 0 Å². The van der Waals surface area contributed by atoms with Crippen LogP contribution in [0.1, 0.15) is 13.3 Å². The molecule has 0 amide bonds. The Kier molecular flexibility index (Phi) is 1.85. The molecular weight excluding hydrogens is 136 g/mol. The van der Waals surface area contributed by atoms with Gasteiger partial charge in [-0.15, -0.1) is 0 Å². The summed E-state index contributed by atoms with van der Waals surface area (Å²) in [7, 11) is -2.28. The molecule has 0 N–H and O–H groups in total. The second kappa shape index (κ2) is 2.64. The highest BCUT2D eigenvalue weighted by molar-refractivity contribution is 6.27. The summed E-state index contributed by atoms with van der Waals surface area (Å²) in [5.41, 5.74) is 0. The maximum atomic E-state index is 10.5. The van der Waals surface area contributed by atoms with Gasteiger partial charge in [-0.25, -0.2) is 0 Å². The van der Waals surface area contributed by atoms with Gasteiger partial charge in [0, 0.05) is 0 Å². The van der Waals surface area contributed by atoms with Crippen LogP contribution in [0.5, 0.6) is 0 Å². The Morgan fingerprint density at radius 2 is 2.56 bits per heavy atom. The number of hydrogen-bond acceptors (Lipinski definition) is 3. The molecule has 0 saturated heterocycles. The van der Waals surface area contributed by atoms with E-state index in [0.717, 1.165) is 6.42 Å². The van der Waals surface area contributed by atoms with E-state index < -0.39 is 9.17 Å². The molecule has 1 heterocycles. The predicted molar refractivity (Wildman–Crippen MR) is 30.5 cm³/mol. The fourth-order valence-electron chi connectivity index (χ4n) is 0.492. The highest BCUT2D eigenvalue weighted by Gasteiger charge is 2.19. The van der Waals surface area contributed by atoms with Gasteiger partial charge in [-0.05, 0) is 12.3 Å². The molecule has 0 aromatic rings. The summed E-state index contributed by atoms with van der Waals surface area (Å²) in [6, 6.07) is 0. The Labute approximate surface area is 54.9 Å². The number of rotatable bonds is 1. The number of hydrogen-bond donors (Lipinski definition) is 0. The van der Waals surface area contributed by atoms with Gasteiger partial charge in [-0.3, -0.25) is 4.46 Å². The standard InChI is InChI=1S/C5H6O3Si/c1-2-5-3-4-7-9(6)8-5/h5H,2H2,1H3. The molecule has 4 heteroatoms. The molecule has 1 unspecified atom stereocenters. The summed E-state index contributed by atoms with van der Waals surface area (Å²) in [6.45, 7) is 1.92. The van der Waals surface area contributed by atoms with Crippen molar-refractivity contribution >= 4 is 9.17 Å². The molecule has 48 valence electrons. The normalized spacial score (nSPS) is 23.2. The lowest BCUT2D eigenvalue weighted by Crippen LogP contribution is -2.22. The first-order valence-electron chi connectivity index (χ1n) is 2.71. The molecule has 3 nitrogen and oxygen atoms in total. The van der Waals surface area contributed by atoms with Crippen molar-refractivity contribution in [3.8, 4) is 12.0 Å². The first-order valence-corrected chi connectivity index (χ1v) is 3.93. The molecule has 1 aliphatic heterocycles. The fourth-order valence-corrected chi connectivity index (χ4v) is 1.14. The summed E-state index contributed by atoms with van der Waals surface area (Å²) in [6.07, 6.45) is 2.86. The van der Waals surface area contributed by atoms with Crippen LogP contribution < -0.4 is 0 Å². The molecule has 0 aromatic heterocycles. The average molecular weight is 142 g/mol. The molecule has 0 fully saturated rings. The van der Waals surface area contributed by atoms with E-state index in [0.29, 0.717) is 0 Å². The van der Waals surface area contributed by atoms with E-state index in [2.05, 4.69) is 16.5 Å². The molecule has 0 bridgehead atoms. The zero-order valence-corrected chi connectivity index (χ0v) is 6.01. The van der Waals surface area contributed by atoms with Gasteiger partial charge in [0.2, 0.25) is 0 Å². The highest BCUT2D eigenvalue weighted by Crippen LogP contribution is 1.99. The highest BCUT2D eigenvalue weighted by atomic mass is 28.3. The van der Waals surface area contributed by atoms with E-state index in [1.54, 1.807) is 0 Å². The van der Waals surface area contributed by atoms with Crippen LogP contribution in [0.15, 0.2) is 0 Å². The summed E-state index contributed by atoms with van der Waals surface area (Å²) in [5, 5.41) is 0. The lowest BCUT2D eigenvalue weighted by atomic mass is 10.3. The van der Waals surface area contributed by atoms with E-state index >= 15 is 0 Å². The molecular formula is C5H6O3Si. The average Bonchev–Trinajstić information content (AvgIpc) is 1.88. The van der Waals surface area contributed by atoms with Crippen LogP contribution in [-0.4, -0.2) is 15.3 Å². The van der Waals surface area contributed by atoms with Crippen LogP contribution >= 0.6 is 0 Å². The topological polar surface area (TPSA) is 35.5 Å². The minimum absolute atomic E-state index is 0.190. The Hall–Kier alpha value is -0.823. The molecule has 9 heavy (non-hydrogen) atoms.